The summed E-state index contributed by atoms with van der Waals surface area (Å²) >= 11 is 1.53. The van der Waals surface area contributed by atoms with Gasteiger partial charge in [0, 0.05) is 17.7 Å². The van der Waals surface area contributed by atoms with Gasteiger partial charge in [-0.2, -0.15) is 0 Å². The number of rotatable bonds is 5. The molecule has 5 nitrogen and oxygen atoms in total. The number of nitrogens with zero attached hydrogens (tertiary/aromatic N) is 3. The molecule has 4 rings (SSSR count). The van der Waals surface area contributed by atoms with Gasteiger partial charge in [-0.05, 0) is 37.1 Å². The Balaban J connectivity index is 1.76. The monoisotopic (exact) mass is 379 g/mol. The van der Waals surface area contributed by atoms with Gasteiger partial charge >= 0.3 is 0 Å². The van der Waals surface area contributed by atoms with E-state index in [1.54, 1.807) is 7.11 Å². The molecule has 0 amide bonds. The lowest BCUT2D eigenvalue weighted by molar-refractivity contribution is -0.119. The van der Waals surface area contributed by atoms with Gasteiger partial charge in [0.25, 0.3) is 0 Å². The summed E-state index contributed by atoms with van der Waals surface area (Å²) in [6.45, 7) is 0. The van der Waals surface area contributed by atoms with Gasteiger partial charge in [-0.15, -0.1) is 10.2 Å². The molecule has 1 aliphatic carbocycles. The third-order valence-electron chi connectivity index (χ3n) is 4.74. The number of ketones is 1. The molecule has 1 fully saturated rings. The standard InChI is InChI=1S/C21H21N3O2S/c1-26-17-13-11-16(12-14-17)24-20(15-7-3-2-4-8-15)22-23-21(24)27-19-10-6-5-9-18(19)25/h2-4,7-8,11-14,19H,5-6,9-10H2,1H3. The molecule has 1 heterocycles. The molecule has 0 N–H and O–H groups in total. The number of aromatic nitrogens is 3. The second-order valence-corrected chi connectivity index (χ2v) is 7.69. The lowest BCUT2D eigenvalue weighted by atomic mass is 9.99. The first kappa shape index (κ1) is 17.8. The van der Waals surface area contributed by atoms with Crippen molar-refractivity contribution in [3.63, 3.8) is 0 Å². The number of carbonyl (C=O) groups is 1. The summed E-state index contributed by atoms with van der Waals surface area (Å²) < 4.78 is 7.31. The minimum Gasteiger partial charge on any atom is -0.497 e. The van der Waals surface area contributed by atoms with Crippen molar-refractivity contribution in [3.8, 4) is 22.8 Å². The second kappa shape index (κ2) is 7.96. The Morgan fingerprint density at radius 1 is 1.04 bits per heavy atom. The lowest BCUT2D eigenvalue weighted by Gasteiger charge is -2.20. The number of thioether (sulfide) groups is 1. The normalized spacial score (nSPS) is 17.1. The Hall–Kier alpha value is -2.60. The molecule has 27 heavy (non-hydrogen) atoms. The number of ether oxygens (including phenoxy) is 1. The first-order valence-corrected chi connectivity index (χ1v) is 9.99. The average Bonchev–Trinajstić information content (AvgIpc) is 3.14. The number of hydrogen-bond acceptors (Lipinski definition) is 5. The molecule has 0 spiro atoms. The molecule has 0 saturated heterocycles. The third kappa shape index (κ3) is 3.76. The van der Waals surface area contributed by atoms with Gasteiger partial charge in [0.1, 0.15) is 11.5 Å². The summed E-state index contributed by atoms with van der Waals surface area (Å²) in [5.74, 6) is 1.88. The van der Waals surface area contributed by atoms with Crippen molar-refractivity contribution in [3.05, 3.63) is 54.6 Å². The summed E-state index contributed by atoms with van der Waals surface area (Å²) in [4.78, 5) is 12.3. The highest BCUT2D eigenvalue weighted by Crippen LogP contribution is 2.34. The highest BCUT2D eigenvalue weighted by Gasteiger charge is 2.26. The van der Waals surface area contributed by atoms with Crippen molar-refractivity contribution in [2.75, 3.05) is 7.11 Å². The van der Waals surface area contributed by atoms with Gasteiger partial charge in [0.15, 0.2) is 11.0 Å². The van der Waals surface area contributed by atoms with Crippen LogP contribution < -0.4 is 4.74 Å². The zero-order valence-corrected chi connectivity index (χ0v) is 16.0. The van der Waals surface area contributed by atoms with E-state index in [0.29, 0.717) is 12.2 Å². The highest BCUT2D eigenvalue weighted by atomic mass is 32.2. The fourth-order valence-electron chi connectivity index (χ4n) is 3.29. The molecule has 0 aliphatic heterocycles. The zero-order chi connectivity index (χ0) is 18.6. The van der Waals surface area contributed by atoms with E-state index in [1.165, 1.54) is 11.8 Å². The molecular weight excluding hydrogens is 358 g/mol. The van der Waals surface area contributed by atoms with E-state index in [-0.39, 0.29) is 5.25 Å². The van der Waals surface area contributed by atoms with Crippen LogP contribution in [0.25, 0.3) is 17.1 Å². The fraction of sp³-hybridized carbons (Fsp3) is 0.286. The quantitative estimate of drug-likeness (QED) is 0.651. The van der Waals surface area contributed by atoms with Gasteiger partial charge in [-0.25, -0.2) is 0 Å². The van der Waals surface area contributed by atoms with E-state index in [0.717, 1.165) is 47.2 Å². The molecule has 6 heteroatoms. The maximum Gasteiger partial charge on any atom is 0.196 e. The largest absolute Gasteiger partial charge is 0.497 e. The third-order valence-corrected chi connectivity index (χ3v) is 6.00. The van der Waals surface area contributed by atoms with Crippen LogP contribution in [0.5, 0.6) is 5.75 Å². The lowest BCUT2D eigenvalue weighted by Crippen LogP contribution is -2.21. The zero-order valence-electron chi connectivity index (χ0n) is 15.2. The van der Waals surface area contributed by atoms with E-state index in [9.17, 15) is 4.79 Å². The summed E-state index contributed by atoms with van der Waals surface area (Å²) in [5, 5.41) is 9.59. The molecule has 1 atom stereocenters. The average molecular weight is 379 g/mol. The molecule has 1 unspecified atom stereocenters. The Kier molecular flexibility index (Phi) is 5.25. The highest BCUT2D eigenvalue weighted by molar-refractivity contribution is 8.00. The number of Topliss-reactive ketones (excluding diaryl/α,β-unsaturated/α-hetero) is 1. The predicted molar refractivity (Wildman–Crippen MR) is 106 cm³/mol. The molecule has 1 aliphatic rings. The van der Waals surface area contributed by atoms with E-state index >= 15 is 0 Å². The summed E-state index contributed by atoms with van der Waals surface area (Å²) in [6.07, 6.45) is 3.65. The molecule has 1 saturated carbocycles. The second-order valence-electron chi connectivity index (χ2n) is 6.52. The maximum absolute atomic E-state index is 12.3. The van der Waals surface area contributed by atoms with E-state index < -0.39 is 0 Å². The predicted octanol–water partition coefficient (Wildman–Crippen LogP) is 4.55. The molecule has 138 valence electrons. The van der Waals surface area contributed by atoms with Crippen LogP contribution in [0.15, 0.2) is 59.8 Å². The van der Waals surface area contributed by atoms with Crippen molar-refractivity contribution >= 4 is 17.5 Å². The molecule has 0 bridgehead atoms. The Morgan fingerprint density at radius 2 is 1.81 bits per heavy atom. The van der Waals surface area contributed by atoms with Crippen molar-refractivity contribution in [1.82, 2.24) is 14.8 Å². The van der Waals surface area contributed by atoms with Crippen LogP contribution in [0.4, 0.5) is 0 Å². The number of carbonyl (C=O) groups excluding carboxylic acids is 1. The summed E-state index contributed by atoms with van der Waals surface area (Å²) in [5.41, 5.74) is 1.94. The first-order chi connectivity index (χ1) is 13.3. The summed E-state index contributed by atoms with van der Waals surface area (Å²) in [6, 6.07) is 17.8. The van der Waals surface area contributed by atoms with Crippen molar-refractivity contribution in [1.29, 1.82) is 0 Å². The number of hydrogen-bond donors (Lipinski definition) is 0. The summed E-state index contributed by atoms with van der Waals surface area (Å²) in [7, 11) is 1.65. The van der Waals surface area contributed by atoms with Crippen molar-refractivity contribution < 1.29 is 9.53 Å². The molecule has 2 aromatic carbocycles. The Bertz CT molecular complexity index is 922. The topological polar surface area (TPSA) is 57.0 Å². The van der Waals surface area contributed by atoms with Crippen LogP contribution in [0.1, 0.15) is 25.7 Å². The van der Waals surface area contributed by atoms with Gasteiger partial charge in [-0.1, -0.05) is 48.5 Å². The van der Waals surface area contributed by atoms with Crippen LogP contribution in [-0.2, 0) is 4.79 Å². The minimum absolute atomic E-state index is 0.0384. The van der Waals surface area contributed by atoms with E-state index in [2.05, 4.69) is 10.2 Å². The van der Waals surface area contributed by atoms with Crippen LogP contribution in [0, 0.1) is 0 Å². The first-order valence-electron chi connectivity index (χ1n) is 9.11. The minimum atomic E-state index is -0.0384. The van der Waals surface area contributed by atoms with Crippen LogP contribution in [0.3, 0.4) is 0 Å². The van der Waals surface area contributed by atoms with Gasteiger partial charge < -0.3 is 4.74 Å². The molecule has 0 radical (unpaired) electrons. The van der Waals surface area contributed by atoms with Crippen LogP contribution in [0.2, 0.25) is 0 Å². The van der Waals surface area contributed by atoms with Crippen LogP contribution >= 0.6 is 11.8 Å². The smallest absolute Gasteiger partial charge is 0.196 e. The van der Waals surface area contributed by atoms with E-state index in [4.69, 9.17) is 4.74 Å². The maximum atomic E-state index is 12.3. The van der Waals surface area contributed by atoms with Gasteiger partial charge in [0.05, 0.1) is 12.4 Å². The van der Waals surface area contributed by atoms with Gasteiger partial charge in [-0.3, -0.25) is 9.36 Å². The van der Waals surface area contributed by atoms with Gasteiger partial charge in [0.2, 0.25) is 0 Å². The Labute approximate surface area is 162 Å². The fourth-order valence-corrected chi connectivity index (χ4v) is 4.46. The molecule has 3 aromatic rings. The van der Waals surface area contributed by atoms with E-state index in [1.807, 2.05) is 59.2 Å². The van der Waals surface area contributed by atoms with Crippen molar-refractivity contribution in [2.45, 2.75) is 36.1 Å². The molecule has 1 aromatic heterocycles. The number of methoxy groups -OCH3 is 1. The van der Waals surface area contributed by atoms with Crippen LogP contribution in [-0.4, -0.2) is 32.9 Å². The van der Waals surface area contributed by atoms with Crippen molar-refractivity contribution in [2.24, 2.45) is 0 Å². The Morgan fingerprint density at radius 3 is 2.52 bits per heavy atom. The SMILES string of the molecule is COc1ccc(-n2c(SC3CCCCC3=O)nnc2-c2ccccc2)cc1. The molecular formula is C21H21N3O2S. The number of benzene rings is 2.